The van der Waals surface area contributed by atoms with Gasteiger partial charge in [0.1, 0.15) is 5.75 Å². The maximum atomic E-state index is 6.03. The monoisotopic (exact) mass is 262 g/mol. The largest absolute Gasteiger partial charge is 0.496 e. The zero-order valence-electron chi connectivity index (χ0n) is 11.4. The first-order valence-electron chi connectivity index (χ1n) is 7.04. The summed E-state index contributed by atoms with van der Waals surface area (Å²) in [6.07, 6.45) is 3.15. The number of para-hydroxylation sites is 1. The molecule has 2 fully saturated rings. The van der Waals surface area contributed by atoms with Gasteiger partial charge >= 0.3 is 0 Å². The van der Waals surface area contributed by atoms with Crippen molar-refractivity contribution in [3.05, 3.63) is 29.8 Å². The van der Waals surface area contributed by atoms with E-state index in [1.54, 1.807) is 7.11 Å². The molecule has 2 N–H and O–H groups in total. The molecule has 4 nitrogen and oxygen atoms in total. The maximum absolute atomic E-state index is 6.03. The Balaban J connectivity index is 1.84. The SMILES string of the molecule is COc1ccccc1C(CN)N1CC2CCC(C1)O2. The highest BCUT2D eigenvalue weighted by molar-refractivity contribution is 5.36. The van der Waals surface area contributed by atoms with Crippen molar-refractivity contribution in [3.8, 4) is 5.75 Å². The summed E-state index contributed by atoms with van der Waals surface area (Å²) in [5, 5.41) is 0. The van der Waals surface area contributed by atoms with E-state index in [1.165, 1.54) is 18.4 Å². The van der Waals surface area contributed by atoms with Gasteiger partial charge in [-0.05, 0) is 18.9 Å². The Morgan fingerprint density at radius 1 is 1.32 bits per heavy atom. The van der Waals surface area contributed by atoms with Crippen molar-refractivity contribution < 1.29 is 9.47 Å². The summed E-state index contributed by atoms with van der Waals surface area (Å²) in [4.78, 5) is 2.46. The number of hydrogen-bond donors (Lipinski definition) is 1. The van der Waals surface area contributed by atoms with E-state index in [4.69, 9.17) is 15.2 Å². The Morgan fingerprint density at radius 3 is 2.63 bits per heavy atom. The maximum Gasteiger partial charge on any atom is 0.123 e. The van der Waals surface area contributed by atoms with Crippen LogP contribution in [-0.4, -0.2) is 43.9 Å². The van der Waals surface area contributed by atoms with Gasteiger partial charge in [-0.1, -0.05) is 18.2 Å². The van der Waals surface area contributed by atoms with E-state index in [-0.39, 0.29) is 6.04 Å². The fourth-order valence-electron chi connectivity index (χ4n) is 3.32. The van der Waals surface area contributed by atoms with Crippen LogP contribution in [0.2, 0.25) is 0 Å². The molecule has 0 aliphatic carbocycles. The molecule has 2 aliphatic rings. The van der Waals surface area contributed by atoms with E-state index < -0.39 is 0 Å². The Hall–Kier alpha value is -1.10. The number of benzene rings is 1. The minimum Gasteiger partial charge on any atom is -0.496 e. The molecule has 3 unspecified atom stereocenters. The molecule has 19 heavy (non-hydrogen) atoms. The molecular weight excluding hydrogens is 240 g/mol. The van der Waals surface area contributed by atoms with Gasteiger partial charge in [-0.15, -0.1) is 0 Å². The average molecular weight is 262 g/mol. The number of likely N-dealkylation sites (tertiary alicyclic amines) is 1. The number of nitrogens with two attached hydrogens (primary N) is 1. The van der Waals surface area contributed by atoms with Crippen molar-refractivity contribution in [3.63, 3.8) is 0 Å². The second-order valence-corrected chi connectivity index (χ2v) is 5.40. The molecule has 2 heterocycles. The summed E-state index contributed by atoms with van der Waals surface area (Å²) in [6, 6.07) is 8.40. The summed E-state index contributed by atoms with van der Waals surface area (Å²) < 4.78 is 11.4. The molecule has 104 valence electrons. The Bertz CT molecular complexity index is 426. The lowest BCUT2D eigenvalue weighted by Crippen LogP contribution is -2.46. The third-order valence-electron chi connectivity index (χ3n) is 4.23. The highest BCUT2D eigenvalue weighted by Crippen LogP contribution is 2.34. The van der Waals surface area contributed by atoms with E-state index in [9.17, 15) is 0 Å². The van der Waals surface area contributed by atoms with E-state index in [0.717, 1.165) is 18.8 Å². The normalized spacial score (nSPS) is 28.3. The molecule has 0 saturated carbocycles. The zero-order chi connectivity index (χ0) is 13.2. The lowest BCUT2D eigenvalue weighted by atomic mass is 10.0. The number of nitrogens with zero attached hydrogens (tertiary/aromatic N) is 1. The number of rotatable bonds is 4. The van der Waals surface area contributed by atoms with Crippen LogP contribution in [0.3, 0.4) is 0 Å². The van der Waals surface area contributed by atoms with Crippen molar-refractivity contribution >= 4 is 0 Å². The van der Waals surface area contributed by atoms with Crippen molar-refractivity contribution in [1.29, 1.82) is 0 Å². The molecule has 0 amide bonds. The molecule has 0 aromatic heterocycles. The van der Waals surface area contributed by atoms with Crippen LogP contribution in [0.25, 0.3) is 0 Å². The zero-order valence-corrected chi connectivity index (χ0v) is 11.4. The molecule has 1 aromatic carbocycles. The van der Waals surface area contributed by atoms with Crippen LogP contribution in [0.5, 0.6) is 5.75 Å². The first-order chi connectivity index (χ1) is 9.31. The van der Waals surface area contributed by atoms with E-state index in [2.05, 4.69) is 17.0 Å². The molecule has 2 saturated heterocycles. The Labute approximate surface area is 114 Å². The van der Waals surface area contributed by atoms with E-state index in [1.807, 2.05) is 12.1 Å². The molecular formula is C15H22N2O2. The van der Waals surface area contributed by atoms with Gasteiger partial charge in [0.25, 0.3) is 0 Å². The quantitative estimate of drug-likeness (QED) is 0.894. The first kappa shape index (κ1) is 12.9. The fourth-order valence-corrected chi connectivity index (χ4v) is 3.32. The third kappa shape index (κ3) is 2.48. The smallest absolute Gasteiger partial charge is 0.123 e. The predicted molar refractivity (Wildman–Crippen MR) is 74.3 cm³/mol. The number of hydrogen-bond acceptors (Lipinski definition) is 4. The lowest BCUT2D eigenvalue weighted by Gasteiger charge is -2.38. The predicted octanol–water partition coefficient (Wildman–Crippen LogP) is 1.56. The van der Waals surface area contributed by atoms with Crippen LogP contribution in [0.1, 0.15) is 24.4 Å². The number of morpholine rings is 1. The molecule has 0 radical (unpaired) electrons. The van der Waals surface area contributed by atoms with Crippen molar-refractivity contribution in [1.82, 2.24) is 4.90 Å². The topological polar surface area (TPSA) is 47.7 Å². The van der Waals surface area contributed by atoms with Gasteiger partial charge in [-0.3, -0.25) is 4.90 Å². The summed E-state index contributed by atoms with van der Waals surface area (Å²) in [7, 11) is 1.72. The summed E-state index contributed by atoms with van der Waals surface area (Å²) in [5.41, 5.74) is 7.22. The van der Waals surface area contributed by atoms with Crippen LogP contribution in [0, 0.1) is 0 Å². The second kappa shape index (κ2) is 5.49. The highest BCUT2D eigenvalue weighted by atomic mass is 16.5. The van der Waals surface area contributed by atoms with Gasteiger partial charge in [0.15, 0.2) is 0 Å². The van der Waals surface area contributed by atoms with Crippen LogP contribution in [-0.2, 0) is 4.74 Å². The fraction of sp³-hybridized carbons (Fsp3) is 0.600. The van der Waals surface area contributed by atoms with Crippen LogP contribution in [0.4, 0.5) is 0 Å². The average Bonchev–Trinajstić information content (AvgIpc) is 2.79. The second-order valence-electron chi connectivity index (χ2n) is 5.40. The summed E-state index contributed by atoms with van der Waals surface area (Å²) in [5.74, 6) is 0.928. The van der Waals surface area contributed by atoms with Gasteiger partial charge in [0.05, 0.1) is 25.4 Å². The number of methoxy groups -OCH3 is 1. The van der Waals surface area contributed by atoms with Crippen molar-refractivity contribution in [2.75, 3.05) is 26.7 Å². The molecule has 2 bridgehead atoms. The summed E-state index contributed by atoms with van der Waals surface area (Å²) >= 11 is 0. The Kier molecular flexibility index (Phi) is 3.73. The third-order valence-corrected chi connectivity index (χ3v) is 4.23. The van der Waals surface area contributed by atoms with Crippen molar-refractivity contribution in [2.45, 2.75) is 31.1 Å². The molecule has 2 aliphatic heterocycles. The minimum atomic E-state index is 0.225. The van der Waals surface area contributed by atoms with E-state index in [0.29, 0.717) is 18.8 Å². The molecule has 3 rings (SSSR count). The number of ether oxygens (including phenoxy) is 2. The minimum absolute atomic E-state index is 0.225. The first-order valence-corrected chi connectivity index (χ1v) is 7.04. The van der Waals surface area contributed by atoms with Crippen LogP contribution < -0.4 is 10.5 Å². The van der Waals surface area contributed by atoms with Crippen LogP contribution >= 0.6 is 0 Å². The summed E-state index contributed by atoms with van der Waals surface area (Å²) in [6.45, 7) is 2.58. The van der Waals surface area contributed by atoms with Gasteiger partial charge in [-0.25, -0.2) is 0 Å². The molecule has 4 heteroatoms. The van der Waals surface area contributed by atoms with Gasteiger partial charge < -0.3 is 15.2 Å². The molecule has 0 spiro atoms. The van der Waals surface area contributed by atoms with Gasteiger partial charge in [0.2, 0.25) is 0 Å². The van der Waals surface area contributed by atoms with Crippen molar-refractivity contribution in [2.24, 2.45) is 5.73 Å². The van der Waals surface area contributed by atoms with Gasteiger partial charge in [0, 0.05) is 25.2 Å². The van der Waals surface area contributed by atoms with Crippen LogP contribution in [0.15, 0.2) is 24.3 Å². The van der Waals surface area contributed by atoms with Gasteiger partial charge in [-0.2, -0.15) is 0 Å². The van der Waals surface area contributed by atoms with E-state index >= 15 is 0 Å². The Morgan fingerprint density at radius 2 is 2.00 bits per heavy atom. The highest BCUT2D eigenvalue weighted by Gasteiger charge is 2.37. The standard InChI is InChI=1S/C15H22N2O2/c1-18-15-5-3-2-4-13(15)14(8-16)17-9-11-6-7-12(10-17)19-11/h2-5,11-12,14H,6-10,16H2,1H3. The molecule has 1 aromatic rings. The lowest BCUT2D eigenvalue weighted by molar-refractivity contribution is -0.0523. The number of fused-ring (bicyclic) bond motifs is 2. The molecule has 3 atom stereocenters.